The zero-order chi connectivity index (χ0) is 14.1. The molecule has 1 aliphatic heterocycles. The summed E-state index contributed by atoms with van der Waals surface area (Å²) in [5.74, 6) is 3.22. The molecule has 0 amide bonds. The van der Waals surface area contributed by atoms with E-state index in [9.17, 15) is 0 Å². The second-order valence-electron chi connectivity index (χ2n) is 4.92. The number of nitrogen functional groups attached to an aromatic ring is 1. The number of methoxy groups -OCH3 is 2. The second kappa shape index (κ2) is 5.03. The third-order valence-electron chi connectivity index (χ3n) is 3.75. The second-order valence-corrected chi connectivity index (χ2v) is 4.92. The van der Waals surface area contributed by atoms with Crippen LogP contribution in [0.15, 0.2) is 18.2 Å². The van der Waals surface area contributed by atoms with Crippen LogP contribution in [0.4, 0.5) is 5.95 Å². The van der Waals surface area contributed by atoms with Crippen molar-refractivity contribution in [3.05, 3.63) is 29.6 Å². The quantitative estimate of drug-likeness (QED) is 0.920. The van der Waals surface area contributed by atoms with Crippen molar-refractivity contribution in [1.82, 2.24) is 14.8 Å². The molecule has 0 radical (unpaired) electrons. The van der Waals surface area contributed by atoms with Crippen LogP contribution in [0.25, 0.3) is 0 Å². The minimum absolute atomic E-state index is 0.355. The largest absolute Gasteiger partial charge is 0.493 e. The van der Waals surface area contributed by atoms with Gasteiger partial charge in [0.15, 0.2) is 11.5 Å². The molecule has 0 saturated carbocycles. The van der Waals surface area contributed by atoms with Crippen molar-refractivity contribution in [2.45, 2.75) is 25.3 Å². The van der Waals surface area contributed by atoms with E-state index in [2.05, 4.69) is 16.1 Å². The molecule has 1 aliphatic rings. The van der Waals surface area contributed by atoms with E-state index in [1.807, 2.05) is 16.8 Å². The molecule has 0 saturated heterocycles. The minimum atomic E-state index is 0.355. The molecule has 1 aromatic carbocycles. The van der Waals surface area contributed by atoms with E-state index in [0.29, 0.717) is 11.9 Å². The third-order valence-corrected chi connectivity index (χ3v) is 3.75. The van der Waals surface area contributed by atoms with Crippen LogP contribution in [0.2, 0.25) is 0 Å². The molecule has 0 spiro atoms. The Balaban J connectivity index is 1.87. The molecular formula is C14H18N4O2. The lowest BCUT2D eigenvalue weighted by Crippen LogP contribution is -2.20. The normalized spacial score (nSPS) is 17.6. The number of fused-ring (bicyclic) bond motifs is 1. The zero-order valence-corrected chi connectivity index (χ0v) is 11.7. The monoisotopic (exact) mass is 274 g/mol. The van der Waals surface area contributed by atoms with Crippen LogP contribution in [0, 0.1) is 0 Å². The van der Waals surface area contributed by atoms with Crippen molar-refractivity contribution in [3.63, 3.8) is 0 Å². The molecule has 3 rings (SSSR count). The van der Waals surface area contributed by atoms with Crippen LogP contribution in [-0.2, 0) is 13.0 Å². The number of ether oxygens (including phenoxy) is 2. The number of hydrogen-bond donors (Lipinski definition) is 1. The number of benzene rings is 1. The molecule has 0 bridgehead atoms. The summed E-state index contributed by atoms with van der Waals surface area (Å²) >= 11 is 0. The molecular weight excluding hydrogens is 256 g/mol. The van der Waals surface area contributed by atoms with Gasteiger partial charge in [0.25, 0.3) is 0 Å². The first-order valence-corrected chi connectivity index (χ1v) is 6.62. The van der Waals surface area contributed by atoms with Gasteiger partial charge in [-0.2, -0.15) is 4.98 Å². The van der Waals surface area contributed by atoms with E-state index < -0.39 is 0 Å². The van der Waals surface area contributed by atoms with Gasteiger partial charge in [-0.15, -0.1) is 5.10 Å². The highest BCUT2D eigenvalue weighted by Crippen LogP contribution is 2.34. The lowest BCUT2D eigenvalue weighted by Gasteiger charge is -2.23. The fourth-order valence-corrected chi connectivity index (χ4v) is 2.71. The highest BCUT2D eigenvalue weighted by atomic mass is 16.5. The van der Waals surface area contributed by atoms with Gasteiger partial charge < -0.3 is 15.2 Å². The van der Waals surface area contributed by atoms with Gasteiger partial charge in [0, 0.05) is 18.9 Å². The standard InChI is InChI=1S/C14H18N4O2/c1-19-11-5-3-9(7-12(11)20-2)10-4-6-13-16-14(15)17-18(13)8-10/h3,5,7,10H,4,6,8H2,1-2H3,(H2,15,17). The van der Waals surface area contributed by atoms with Crippen LogP contribution < -0.4 is 15.2 Å². The Morgan fingerprint density at radius 1 is 1.25 bits per heavy atom. The van der Waals surface area contributed by atoms with Crippen LogP contribution in [-0.4, -0.2) is 29.0 Å². The zero-order valence-electron chi connectivity index (χ0n) is 11.7. The topological polar surface area (TPSA) is 75.2 Å². The van der Waals surface area contributed by atoms with Gasteiger partial charge in [-0.05, 0) is 24.1 Å². The summed E-state index contributed by atoms with van der Waals surface area (Å²) in [5.41, 5.74) is 6.87. The predicted molar refractivity (Wildman–Crippen MR) is 75.0 cm³/mol. The summed E-state index contributed by atoms with van der Waals surface area (Å²) in [4.78, 5) is 4.23. The Bertz CT molecular complexity index is 624. The van der Waals surface area contributed by atoms with E-state index in [1.165, 1.54) is 5.56 Å². The summed E-state index contributed by atoms with van der Waals surface area (Å²) < 4.78 is 12.5. The molecule has 0 aliphatic carbocycles. The highest BCUT2D eigenvalue weighted by molar-refractivity contribution is 5.44. The van der Waals surface area contributed by atoms with Gasteiger partial charge in [-0.3, -0.25) is 0 Å². The number of nitrogens with zero attached hydrogens (tertiary/aromatic N) is 3. The lowest BCUT2D eigenvalue weighted by atomic mass is 9.91. The van der Waals surface area contributed by atoms with E-state index in [0.717, 1.165) is 36.7 Å². The summed E-state index contributed by atoms with van der Waals surface area (Å²) in [5, 5.41) is 4.23. The molecule has 6 nitrogen and oxygen atoms in total. The smallest absolute Gasteiger partial charge is 0.239 e. The fourth-order valence-electron chi connectivity index (χ4n) is 2.71. The first-order valence-electron chi connectivity index (χ1n) is 6.62. The molecule has 0 fully saturated rings. The van der Waals surface area contributed by atoms with Gasteiger partial charge in [-0.25, -0.2) is 4.68 Å². The van der Waals surface area contributed by atoms with Crippen molar-refractivity contribution >= 4 is 5.95 Å². The van der Waals surface area contributed by atoms with Crippen LogP contribution >= 0.6 is 0 Å². The van der Waals surface area contributed by atoms with Crippen LogP contribution in [0.3, 0.4) is 0 Å². The molecule has 1 unspecified atom stereocenters. The van der Waals surface area contributed by atoms with Crippen molar-refractivity contribution in [2.24, 2.45) is 0 Å². The van der Waals surface area contributed by atoms with E-state index >= 15 is 0 Å². The highest BCUT2D eigenvalue weighted by Gasteiger charge is 2.23. The van der Waals surface area contributed by atoms with Gasteiger partial charge in [0.05, 0.1) is 14.2 Å². The van der Waals surface area contributed by atoms with Gasteiger partial charge in [0.2, 0.25) is 5.95 Å². The lowest BCUT2D eigenvalue weighted by molar-refractivity contribution is 0.353. The predicted octanol–water partition coefficient (Wildman–Crippen LogP) is 1.61. The Morgan fingerprint density at radius 3 is 2.80 bits per heavy atom. The first-order chi connectivity index (χ1) is 9.71. The van der Waals surface area contributed by atoms with Gasteiger partial charge >= 0.3 is 0 Å². The van der Waals surface area contributed by atoms with E-state index in [1.54, 1.807) is 14.2 Å². The minimum Gasteiger partial charge on any atom is -0.493 e. The Labute approximate surface area is 117 Å². The van der Waals surface area contributed by atoms with Crippen molar-refractivity contribution < 1.29 is 9.47 Å². The third kappa shape index (κ3) is 2.17. The number of hydrogen-bond acceptors (Lipinski definition) is 5. The number of aromatic nitrogens is 3. The maximum atomic E-state index is 5.65. The number of rotatable bonds is 3. The molecule has 6 heteroatoms. The Hall–Kier alpha value is -2.24. The Kier molecular flexibility index (Phi) is 3.22. The molecule has 106 valence electrons. The van der Waals surface area contributed by atoms with Crippen LogP contribution in [0.1, 0.15) is 23.7 Å². The maximum absolute atomic E-state index is 5.65. The number of aryl methyl sites for hydroxylation is 1. The van der Waals surface area contributed by atoms with Crippen molar-refractivity contribution in [1.29, 1.82) is 0 Å². The SMILES string of the molecule is COc1ccc(C2CCc3nc(N)nn3C2)cc1OC. The summed E-state index contributed by atoms with van der Waals surface area (Å²) in [6.45, 7) is 0.801. The Morgan fingerprint density at radius 2 is 2.05 bits per heavy atom. The molecule has 2 heterocycles. The molecule has 1 atom stereocenters. The van der Waals surface area contributed by atoms with E-state index in [-0.39, 0.29) is 0 Å². The van der Waals surface area contributed by atoms with Crippen molar-refractivity contribution in [2.75, 3.05) is 20.0 Å². The number of nitrogens with two attached hydrogens (primary N) is 1. The number of anilines is 1. The molecule has 20 heavy (non-hydrogen) atoms. The van der Waals surface area contributed by atoms with Gasteiger partial charge in [-0.1, -0.05) is 6.07 Å². The fraction of sp³-hybridized carbons (Fsp3) is 0.429. The summed E-state index contributed by atoms with van der Waals surface area (Å²) in [6.07, 6.45) is 1.93. The summed E-state index contributed by atoms with van der Waals surface area (Å²) in [7, 11) is 3.29. The van der Waals surface area contributed by atoms with Gasteiger partial charge in [0.1, 0.15) is 5.82 Å². The average Bonchev–Trinajstić information content (AvgIpc) is 2.85. The van der Waals surface area contributed by atoms with E-state index in [4.69, 9.17) is 15.2 Å². The van der Waals surface area contributed by atoms with Crippen LogP contribution in [0.5, 0.6) is 11.5 Å². The average molecular weight is 274 g/mol. The first kappa shape index (κ1) is 12.8. The molecule has 2 aromatic rings. The van der Waals surface area contributed by atoms with Crippen molar-refractivity contribution in [3.8, 4) is 11.5 Å². The summed E-state index contributed by atoms with van der Waals surface area (Å²) in [6, 6.07) is 6.06. The molecule has 1 aromatic heterocycles. The maximum Gasteiger partial charge on any atom is 0.239 e. The molecule has 2 N–H and O–H groups in total.